The van der Waals surface area contributed by atoms with Gasteiger partial charge >= 0.3 is 0 Å². The van der Waals surface area contributed by atoms with Crippen LogP contribution in [-0.2, 0) is 6.54 Å². The Hall–Kier alpha value is -2.14. The molecule has 0 atom stereocenters. The number of halogens is 2. The maximum Gasteiger partial charge on any atom is 0.128 e. The Labute approximate surface area is 130 Å². The molecule has 0 amide bonds. The molecule has 0 bridgehead atoms. The van der Waals surface area contributed by atoms with Gasteiger partial charge in [0.05, 0.1) is 0 Å². The summed E-state index contributed by atoms with van der Waals surface area (Å²) in [7, 11) is 0. The van der Waals surface area contributed by atoms with E-state index in [-0.39, 0.29) is 5.82 Å². The van der Waals surface area contributed by atoms with Crippen LogP contribution in [0.5, 0.6) is 0 Å². The van der Waals surface area contributed by atoms with E-state index in [0.717, 1.165) is 20.9 Å². The van der Waals surface area contributed by atoms with Gasteiger partial charge in [0, 0.05) is 51.1 Å². The van der Waals surface area contributed by atoms with E-state index in [1.54, 1.807) is 24.5 Å². The Morgan fingerprint density at radius 2 is 2.00 bits per heavy atom. The summed E-state index contributed by atoms with van der Waals surface area (Å²) in [6, 6.07) is 10.5. The number of rotatable bonds is 3. The molecule has 0 aliphatic carbocycles. The van der Waals surface area contributed by atoms with E-state index < -0.39 is 0 Å². The lowest BCUT2D eigenvalue weighted by Gasteiger charge is -2.12. The normalized spacial score (nSPS) is 10.8. The molecule has 0 saturated heterocycles. The lowest BCUT2D eigenvalue weighted by atomic mass is 10.1. The van der Waals surface area contributed by atoms with E-state index in [2.05, 4.69) is 26.2 Å². The van der Waals surface area contributed by atoms with E-state index in [0.29, 0.717) is 17.8 Å². The summed E-state index contributed by atoms with van der Waals surface area (Å²) in [6.45, 7) is 0.388. The summed E-state index contributed by atoms with van der Waals surface area (Å²) in [5, 5.41) is 5.10. The third-order valence-electron chi connectivity index (χ3n) is 3.33. The first kappa shape index (κ1) is 13.8. The van der Waals surface area contributed by atoms with Gasteiger partial charge in [-0.2, -0.15) is 0 Å². The van der Waals surface area contributed by atoms with E-state index in [1.807, 2.05) is 18.2 Å². The van der Waals surface area contributed by atoms with E-state index in [9.17, 15) is 4.39 Å². The highest BCUT2D eigenvalue weighted by Gasteiger charge is 2.06. The van der Waals surface area contributed by atoms with Gasteiger partial charge in [0.2, 0.25) is 0 Å². The van der Waals surface area contributed by atoms with Gasteiger partial charge < -0.3 is 11.1 Å². The molecule has 2 aromatic carbocycles. The minimum atomic E-state index is -0.233. The highest BCUT2D eigenvalue weighted by molar-refractivity contribution is 9.10. The van der Waals surface area contributed by atoms with Crippen LogP contribution in [0.1, 0.15) is 5.56 Å². The lowest BCUT2D eigenvalue weighted by molar-refractivity contribution is 0.612. The second-order valence-electron chi connectivity index (χ2n) is 4.71. The predicted octanol–water partition coefficient (Wildman–Crippen LogP) is 4.33. The number of nitrogens with one attached hydrogen (secondary N) is 1. The zero-order valence-electron chi connectivity index (χ0n) is 11.1. The molecule has 3 N–H and O–H groups in total. The van der Waals surface area contributed by atoms with Gasteiger partial charge in [-0.05, 0) is 36.4 Å². The third-order valence-corrected chi connectivity index (χ3v) is 3.82. The summed E-state index contributed by atoms with van der Waals surface area (Å²) in [5.74, 6) is -0.233. The van der Waals surface area contributed by atoms with E-state index >= 15 is 0 Å². The molecular formula is C16H13BrFN3. The number of nitrogens with zero attached hydrogens (tertiary/aromatic N) is 1. The maximum absolute atomic E-state index is 13.8. The van der Waals surface area contributed by atoms with Gasteiger partial charge in [-0.15, -0.1) is 0 Å². The number of nitrogen functional groups attached to an aromatic ring is 1. The number of nitrogens with two attached hydrogens (primary N) is 1. The fraction of sp³-hybridized carbons (Fsp3) is 0.0625. The SMILES string of the molecule is Nc1ccc(NCc2cc(Br)ccc2F)c2cnccc12. The lowest BCUT2D eigenvalue weighted by Crippen LogP contribution is -2.03. The van der Waals surface area contributed by atoms with Crippen molar-refractivity contribution in [3.8, 4) is 0 Å². The molecule has 0 spiro atoms. The number of aromatic nitrogens is 1. The van der Waals surface area contributed by atoms with Gasteiger partial charge in [-0.25, -0.2) is 4.39 Å². The zero-order valence-corrected chi connectivity index (χ0v) is 12.7. The van der Waals surface area contributed by atoms with Crippen molar-refractivity contribution in [3.05, 3.63) is 64.6 Å². The third kappa shape index (κ3) is 2.83. The van der Waals surface area contributed by atoms with Gasteiger partial charge in [0.25, 0.3) is 0 Å². The summed E-state index contributed by atoms with van der Waals surface area (Å²) in [5.41, 5.74) is 8.13. The summed E-state index contributed by atoms with van der Waals surface area (Å²) in [6.07, 6.45) is 3.46. The smallest absolute Gasteiger partial charge is 0.128 e. The molecule has 1 aromatic heterocycles. The van der Waals surface area contributed by atoms with Crippen molar-refractivity contribution >= 4 is 38.1 Å². The van der Waals surface area contributed by atoms with E-state index in [4.69, 9.17) is 5.73 Å². The van der Waals surface area contributed by atoms with Gasteiger partial charge in [0.15, 0.2) is 0 Å². The summed E-state index contributed by atoms with van der Waals surface area (Å²) in [4.78, 5) is 4.12. The molecule has 0 unspecified atom stereocenters. The number of benzene rings is 2. The quantitative estimate of drug-likeness (QED) is 0.694. The Morgan fingerprint density at radius 1 is 1.14 bits per heavy atom. The van der Waals surface area contributed by atoms with Crippen LogP contribution in [-0.4, -0.2) is 4.98 Å². The number of pyridine rings is 1. The Morgan fingerprint density at radius 3 is 2.86 bits per heavy atom. The molecule has 0 radical (unpaired) electrons. The van der Waals surface area contributed by atoms with Crippen LogP contribution in [0.4, 0.5) is 15.8 Å². The molecule has 0 fully saturated rings. The molecule has 0 aliphatic heterocycles. The molecule has 21 heavy (non-hydrogen) atoms. The molecular weight excluding hydrogens is 333 g/mol. The minimum absolute atomic E-state index is 0.233. The Kier molecular flexibility index (Phi) is 3.75. The molecule has 3 rings (SSSR count). The van der Waals surface area contributed by atoms with Crippen LogP contribution >= 0.6 is 15.9 Å². The van der Waals surface area contributed by atoms with Gasteiger partial charge in [-0.3, -0.25) is 4.98 Å². The maximum atomic E-state index is 13.8. The second-order valence-corrected chi connectivity index (χ2v) is 5.63. The van der Waals surface area contributed by atoms with Crippen molar-refractivity contribution in [2.75, 3.05) is 11.1 Å². The first-order chi connectivity index (χ1) is 10.1. The average Bonchev–Trinajstić information content (AvgIpc) is 2.50. The summed E-state index contributed by atoms with van der Waals surface area (Å²) < 4.78 is 14.6. The highest BCUT2D eigenvalue weighted by Crippen LogP contribution is 2.28. The van der Waals surface area contributed by atoms with Gasteiger partial charge in [-0.1, -0.05) is 15.9 Å². The predicted molar refractivity (Wildman–Crippen MR) is 87.6 cm³/mol. The number of hydrogen-bond donors (Lipinski definition) is 2. The molecule has 5 heteroatoms. The van der Waals surface area contributed by atoms with Crippen molar-refractivity contribution in [3.63, 3.8) is 0 Å². The van der Waals surface area contributed by atoms with Crippen LogP contribution in [0.15, 0.2) is 53.3 Å². The highest BCUT2D eigenvalue weighted by atomic mass is 79.9. The topological polar surface area (TPSA) is 50.9 Å². The zero-order chi connectivity index (χ0) is 14.8. The Balaban J connectivity index is 1.92. The Bertz CT molecular complexity index is 805. The van der Waals surface area contributed by atoms with Crippen LogP contribution in [0.25, 0.3) is 10.8 Å². The molecule has 3 aromatic rings. The molecule has 0 saturated carbocycles. The number of anilines is 2. The minimum Gasteiger partial charge on any atom is -0.398 e. The van der Waals surface area contributed by atoms with Crippen LogP contribution < -0.4 is 11.1 Å². The van der Waals surface area contributed by atoms with Crippen molar-refractivity contribution in [1.82, 2.24) is 4.98 Å². The molecule has 106 valence electrons. The molecule has 1 heterocycles. The van der Waals surface area contributed by atoms with E-state index in [1.165, 1.54) is 6.07 Å². The van der Waals surface area contributed by atoms with Crippen molar-refractivity contribution in [2.24, 2.45) is 0 Å². The first-order valence-corrected chi connectivity index (χ1v) is 7.24. The molecule has 3 nitrogen and oxygen atoms in total. The van der Waals surface area contributed by atoms with Crippen molar-refractivity contribution in [1.29, 1.82) is 0 Å². The molecule has 0 aliphatic rings. The fourth-order valence-electron chi connectivity index (χ4n) is 2.24. The number of hydrogen-bond acceptors (Lipinski definition) is 3. The fourth-order valence-corrected chi connectivity index (χ4v) is 2.65. The first-order valence-electron chi connectivity index (χ1n) is 6.45. The van der Waals surface area contributed by atoms with Crippen LogP contribution in [0.2, 0.25) is 0 Å². The standard InChI is InChI=1S/C16H13BrFN3/c17-11-1-2-14(18)10(7-11)8-21-16-4-3-15(19)12-5-6-20-9-13(12)16/h1-7,9,21H,8,19H2. The van der Waals surface area contributed by atoms with Crippen LogP contribution in [0, 0.1) is 5.82 Å². The van der Waals surface area contributed by atoms with Crippen LogP contribution in [0.3, 0.4) is 0 Å². The summed E-state index contributed by atoms with van der Waals surface area (Å²) >= 11 is 3.35. The average molecular weight is 346 g/mol. The van der Waals surface area contributed by atoms with Crippen molar-refractivity contribution in [2.45, 2.75) is 6.54 Å². The largest absolute Gasteiger partial charge is 0.398 e. The van der Waals surface area contributed by atoms with Gasteiger partial charge in [0.1, 0.15) is 5.82 Å². The van der Waals surface area contributed by atoms with Crippen molar-refractivity contribution < 1.29 is 4.39 Å². The second kappa shape index (κ2) is 5.69. The monoisotopic (exact) mass is 345 g/mol. The number of fused-ring (bicyclic) bond motifs is 1.